The molecule has 0 radical (unpaired) electrons. The van der Waals surface area contributed by atoms with Crippen molar-refractivity contribution in [2.75, 3.05) is 6.54 Å². The molecule has 0 saturated heterocycles. The Hall–Kier alpha value is -2.54. The van der Waals surface area contributed by atoms with Gasteiger partial charge in [-0.2, -0.15) is 0 Å². The number of aryl methyl sites for hydroxylation is 3. The van der Waals surface area contributed by atoms with Crippen molar-refractivity contribution >= 4 is 33.2 Å². The van der Waals surface area contributed by atoms with Crippen molar-refractivity contribution in [2.45, 2.75) is 44.7 Å². The molecule has 1 atom stereocenters. The highest BCUT2D eigenvalue weighted by Gasteiger charge is 2.25. The molecule has 3 aromatic heterocycles. The normalized spacial score (nSPS) is 15.7. The van der Waals surface area contributed by atoms with E-state index in [1.54, 1.807) is 28.4 Å². The van der Waals surface area contributed by atoms with Crippen LogP contribution in [0.15, 0.2) is 59.9 Å². The van der Waals surface area contributed by atoms with Crippen molar-refractivity contribution in [2.24, 2.45) is 0 Å². The van der Waals surface area contributed by atoms with Gasteiger partial charge >= 0.3 is 0 Å². The topological polar surface area (TPSA) is 59.8 Å². The van der Waals surface area contributed by atoms with Gasteiger partial charge in [-0.1, -0.05) is 35.9 Å². The summed E-state index contributed by atoms with van der Waals surface area (Å²) in [5.41, 5.74) is 3.58. The lowest BCUT2D eigenvalue weighted by Crippen LogP contribution is -2.35. The maximum Gasteiger partial charge on any atom is 0.262 e. The second-order valence-electron chi connectivity index (χ2n) is 8.27. The number of aromatic nitrogens is 3. The highest BCUT2D eigenvalue weighted by Crippen LogP contribution is 2.33. The highest BCUT2D eigenvalue weighted by atomic mass is 35.5. The zero-order valence-electron chi connectivity index (χ0n) is 17.8. The number of rotatable bonds is 7. The van der Waals surface area contributed by atoms with Gasteiger partial charge in [-0.25, -0.2) is 4.98 Å². The number of thiophene rings is 1. The molecular formula is C25H25ClN4OS. The first-order chi connectivity index (χ1) is 15.7. The molecule has 5 rings (SSSR count). The van der Waals surface area contributed by atoms with Crippen LogP contribution in [0.3, 0.4) is 0 Å². The van der Waals surface area contributed by atoms with Crippen LogP contribution in [0.1, 0.15) is 28.0 Å². The van der Waals surface area contributed by atoms with Crippen LogP contribution in [0.25, 0.3) is 10.2 Å². The van der Waals surface area contributed by atoms with Crippen LogP contribution in [0.5, 0.6) is 0 Å². The summed E-state index contributed by atoms with van der Waals surface area (Å²) in [6.07, 6.45) is 10.0. The van der Waals surface area contributed by atoms with Crippen LogP contribution in [0.4, 0.5) is 0 Å². The number of nitrogens with zero attached hydrogens (tertiary/aromatic N) is 3. The van der Waals surface area contributed by atoms with Crippen molar-refractivity contribution in [3.05, 3.63) is 92.1 Å². The van der Waals surface area contributed by atoms with E-state index in [1.807, 2.05) is 36.5 Å². The second-order valence-corrected chi connectivity index (χ2v) is 9.76. The lowest BCUT2D eigenvalue weighted by molar-refractivity contribution is 0.466. The van der Waals surface area contributed by atoms with Crippen LogP contribution in [-0.2, 0) is 32.2 Å². The maximum atomic E-state index is 13.3. The smallest absolute Gasteiger partial charge is 0.262 e. The summed E-state index contributed by atoms with van der Waals surface area (Å²) in [5, 5.41) is 5.25. The Balaban J connectivity index is 1.28. The zero-order chi connectivity index (χ0) is 21.9. The van der Waals surface area contributed by atoms with Crippen LogP contribution >= 0.6 is 22.9 Å². The van der Waals surface area contributed by atoms with Crippen LogP contribution in [-0.4, -0.2) is 27.1 Å². The summed E-state index contributed by atoms with van der Waals surface area (Å²) in [5.74, 6) is 0. The minimum absolute atomic E-state index is 0.0718. The van der Waals surface area contributed by atoms with Crippen LogP contribution in [0, 0.1) is 0 Å². The second kappa shape index (κ2) is 9.53. The van der Waals surface area contributed by atoms with Crippen LogP contribution in [0.2, 0.25) is 5.02 Å². The van der Waals surface area contributed by atoms with Crippen LogP contribution < -0.4 is 10.9 Å². The van der Waals surface area contributed by atoms with Gasteiger partial charge in [0.05, 0.1) is 11.7 Å². The molecular weight excluding hydrogens is 440 g/mol. The van der Waals surface area contributed by atoms with Crippen molar-refractivity contribution in [3.63, 3.8) is 0 Å². The SMILES string of the molecule is O=c1c2c3c(sc2ncn1CCc1ccccc1Cl)C[C@H](NCCc1cccnc1)CC3. The number of nitrogens with one attached hydrogen (secondary N) is 1. The van der Waals surface area contributed by atoms with Gasteiger partial charge in [0.25, 0.3) is 5.56 Å². The average molecular weight is 465 g/mol. The number of hydrogen-bond acceptors (Lipinski definition) is 5. The Kier molecular flexibility index (Phi) is 6.35. The fourth-order valence-corrected chi connectivity index (χ4v) is 5.93. The lowest BCUT2D eigenvalue weighted by atomic mass is 9.93. The fraction of sp³-hybridized carbons (Fsp3) is 0.320. The monoisotopic (exact) mass is 464 g/mol. The summed E-state index contributed by atoms with van der Waals surface area (Å²) in [7, 11) is 0. The van der Waals surface area contributed by atoms with Gasteiger partial charge in [0.1, 0.15) is 4.83 Å². The number of pyridine rings is 1. The summed E-state index contributed by atoms with van der Waals surface area (Å²) >= 11 is 7.95. The molecule has 0 amide bonds. The van der Waals surface area contributed by atoms with Gasteiger partial charge in [0.2, 0.25) is 0 Å². The standard InChI is InChI=1S/C25H25ClN4OS/c26-21-6-2-1-5-18(21)10-13-30-16-29-24-23(25(30)31)20-8-7-19(14-22(20)32-24)28-12-9-17-4-3-11-27-15-17/h1-6,11,15-16,19,28H,7-10,12-14H2/t19-/m1/s1. The largest absolute Gasteiger partial charge is 0.313 e. The maximum absolute atomic E-state index is 13.3. The first-order valence-corrected chi connectivity index (χ1v) is 12.2. The molecule has 0 bridgehead atoms. The van der Waals surface area contributed by atoms with E-state index >= 15 is 0 Å². The first-order valence-electron chi connectivity index (χ1n) is 11.0. The molecule has 32 heavy (non-hydrogen) atoms. The van der Waals surface area contributed by atoms with E-state index in [-0.39, 0.29) is 5.56 Å². The fourth-order valence-electron chi connectivity index (χ4n) is 4.44. The number of benzene rings is 1. The highest BCUT2D eigenvalue weighted by molar-refractivity contribution is 7.18. The van der Waals surface area contributed by atoms with Gasteiger partial charge in [-0.15, -0.1) is 11.3 Å². The summed E-state index contributed by atoms with van der Waals surface area (Å²) < 4.78 is 1.73. The molecule has 7 heteroatoms. The Morgan fingerprint density at radius 1 is 1.19 bits per heavy atom. The van der Waals surface area contributed by atoms with E-state index in [0.29, 0.717) is 19.0 Å². The molecule has 5 nitrogen and oxygen atoms in total. The minimum Gasteiger partial charge on any atom is -0.313 e. The van der Waals surface area contributed by atoms with E-state index < -0.39 is 0 Å². The van der Waals surface area contributed by atoms with Crippen molar-refractivity contribution < 1.29 is 0 Å². The van der Waals surface area contributed by atoms with E-state index in [4.69, 9.17) is 11.6 Å². The van der Waals surface area contributed by atoms with E-state index in [9.17, 15) is 4.79 Å². The molecule has 1 N–H and O–H groups in total. The van der Waals surface area contributed by atoms with Gasteiger partial charge < -0.3 is 5.32 Å². The third-order valence-corrected chi connectivity index (χ3v) is 7.72. The molecule has 0 fully saturated rings. The van der Waals surface area contributed by atoms with Crippen molar-refractivity contribution in [3.8, 4) is 0 Å². The zero-order valence-corrected chi connectivity index (χ0v) is 19.3. The number of hydrogen-bond donors (Lipinski definition) is 1. The summed E-state index contributed by atoms with van der Waals surface area (Å²) in [6.45, 7) is 1.51. The predicted molar refractivity (Wildman–Crippen MR) is 131 cm³/mol. The molecule has 1 aromatic carbocycles. The Labute approximate surface area is 196 Å². The number of halogens is 1. The third-order valence-electron chi connectivity index (χ3n) is 6.19. The van der Waals surface area contributed by atoms with E-state index in [1.165, 1.54) is 16.0 Å². The molecule has 0 aliphatic heterocycles. The molecule has 0 unspecified atom stereocenters. The summed E-state index contributed by atoms with van der Waals surface area (Å²) in [6, 6.07) is 12.3. The molecule has 164 valence electrons. The third kappa shape index (κ3) is 4.49. The molecule has 0 spiro atoms. The lowest BCUT2D eigenvalue weighted by Gasteiger charge is -2.23. The quantitative estimate of drug-likeness (QED) is 0.439. The van der Waals surface area contributed by atoms with Gasteiger partial charge in [-0.05, 0) is 67.5 Å². The Morgan fingerprint density at radius 3 is 2.94 bits per heavy atom. The molecule has 3 heterocycles. The predicted octanol–water partition coefficient (Wildman–Crippen LogP) is 4.44. The average Bonchev–Trinajstić information content (AvgIpc) is 3.19. The molecule has 4 aromatic rings. The van der Waals surface area contributed by atoms with E-state index in [0.717, 1.165) is 53.0 Å². The number of fused-ring (bicyclic) bond motifs is 3. The van der Waals surface area contributed by atoms with Crippen molar-refractivity contribution in [1.29, 1.82) is 0 Å². The molecule has 1 aliphatic rings. The van der Waals surface area contributed by atoms with Gasteiger partial charge in [0, 0.05) is 34.9 Å². The van der Waals surface area contributed by atoms with E-state index in [2.05, 4.69) is 21.4 Å². The van der Waals surface area contributed by atoms with Crippen molar-refractivity contribution in [1.82, 2.24) is 19.9 Å². The first kappa shape index (κ1) is 21.3. The molecule has 1 aliphatic carbocycles. The Bertz CT molecular complexity index is 1280. The molecule has 0 saturated carbocycles. The van der Waals surface area contributed by atoms with Gasteiger partial charge in [-0.3, -0.25) is 14.3 Å². The summed E-state index contributed by atoms with van der Waals surface area (Å²) in [4.78, 5) is 24.2. The Morgan fingerprint density at radius 2 is 2.09 bits per heavy atom. The van der Waals surface area contributed by atoms with Gasteiger partial charge in [0.15, 0.2) is 0 Å². The minimum atomic E-state index is 0.0718.